The van der Waals surface area contributed by atoms with Crippen LogP contribution in [0.1, 0.15) is 25.5 Å². The monoisotopic (exact) mass is 281 g/mol. The van der Waals surface area contributed by atoms with Gasteiger partial charge in [-0.2, -0.15) is 5.10 Å². The molecule has 0 radical (unpaired) electrons. The summed E-state index contributed by atoms with van der Waals surface area (Å²) in [4.78, 5) is 0. The fraction of sp³-hybridized carbons (Fsp3) is 0.417. The number of rotatable bonds is 3. The van der Waals surface area contributed by atoms with Gasteiger partial charge in [0.2, 0.25) is 0 Å². The number of nitrogens with zero attached hydrogens (tertiary/aromatic N) is 2. The minimum absolute atomic E-state index is 0.362. The van der Waals surface area contributed by atoms with E-state index in [1.807, 2.05) is 11.7 Å². The molecule has 1 aromatic heterocycles. The highest BCUT2D eigenvalue weighted by Gasteiger charge is 2.10. The summed E-state index contributed by atoms with van der Waals surface area (Å²) >= 11 is 3.60. The Labute approximate surface area is 104 Å². The van der Waals surface area contributed by atoms with Crippen LogP contribution < -0.4 is 5.32 Å². The van der Waals surface area contributed by atoms with Gasteiger partial charge in [-0.05, 0) is 54.5 Å². The van der Waals surface area contributed by atoms with Crippen LogP contribution in [-0.4, -0.2) is 16.8 Å². The Hall–Kier alpha value is -0.870. The van der Waals surface area contributed by atoms with Crippen LogP contribution in [0, 0.1) is 0 Å². The van der Waals surface area contributed by atoms with E-state index in [4.69, 9.17) is 0 Å². The van der Waals surface area contributed by atoms with Gasteiger partial charge >= 0.3 is 0 Å². The Morgan fingerprint density at radius 3 is 2.88 bits per heavy atom. The van der Waals surface area contributed by atoms with E-state index in [2.05, 4.69) is 58.4 Å². The Balaban J connectivity index is 2.56. The second kappa shape index (κ2) is 4.55. The van der Waals surface area contributed by atoms with Gasteiger partial charge in [-0.1, -0.05) is 6.07 Å². The van der Waals surface area contributed by atoms with Crippen LogP contribution in [0.3, 0.4) is 0 Å². The molecule has 2 aromatic rings. The Morgan fingerprint density at radius 1 is 1.50 bits per heavy atom. The molecule has 0 aliphatic heterocycles. The van der Waals surface area contributed by atoms with E-state index >= 15 is 0 Å². The van der Waals surface area contributed by atoms with Crippen molar-refractivity contribution in [3.8, 4) is 0 Å². The van der Waals surface area contributed by atoms with E-state index in [-0.39, 0.29) is 0 Å². The van der Waals surface area contributed by atoms with Crippen molar-refractivity contribution in [3.63, 3.8) is 0 Å². The number of nitrogens with one attached hydrogen (secondary N) is 1. The average Bonchev–Trinajstić information content (AvgIpc) is 2.64. The van der Waals surface area contributed by atoms with E-state index < -0.39 is 0 Å². The van der Waals surface area contributed by atoms with Crippen molar-refractivity contribution in [2.75, 3.05) is 7.05 Å². The highest BCUT2D eigenvalue weighted by Crippen LogP contribution is 2.26. The van der Waals surface area contributed by atoms with Gasteiger partial charge in [0.05, 0.1) is 5.52 Å². The van der Waals surface area contributed by atoms with Crippen LogP contribution in [0.2, 0.25) is 0 Å². The predicted molar refractivity (Wildman–Crippen MR) is 70.6 cm³/mol. The van der Waals surface area contributed by atoms with E-state index in [0.29, 0.717) is 6.04 Å². The van der Waals surface area contributed by atoms with Crippen LogP contribution in [0.5, 0.6) is 0 Å². The zero-order valence-corrected chi connectivity index (χ0v) is 11.4. The summed E-state index contributed by atoms with van der Waals surface area (Å²) in [5, 5.41) is 8.93. The van der Waals surface area contributed by atoms with E-state index in [9.17, 15) is 0 Å². The van der Waals surface area contributed by atoms with Crippen LogP contribution in [0.4, 0.5) is 0 Å². The summed E-state index contributed by atoms with van der Waals surface area (Å²) in [7, 11) is 1.97. The minimum Gasteiger partial charge on any atom is -0.313 e. The summed E-state index contributed by atoms with van der Waals surface area (Å²) in [5.74, 6) is 0. The molecule has 0 bridgehead atoms. The maximum Gasteiger partial charge on any atom is 0.111 e. The zero-order valence-electron chi connectivity index (χ0n) is 9.79. The molecule has 1 aromatic carbocycles. The first kappa shape index (κ1) is 11.6. The maximum absolute atomic E-state index is 4.51. The molecule has 4 heteroatoms. The normalized spacial score (nSPS) is 13.2. The third-order valence-electron chi connectivity index (χ3n) is 2.93. The summed E-state index contributed by atoms with van der Waals surface area (Å²) in [6, 6.07) is 6.76. The lowest BCUT2D eigenvalue weighted by Crippen LogP contribution is -2.11. The molecule has 2 rings (SSSR count). The fourth-order valence-corrected chi connectivity index (χ4v) is 2.41. The van der Waals surface area contributed by atoms with Crippen molar-refractivity contribution in [3.05, 3.63) is 28.4 Å². The molecular weight excluding hydrogens is 266 g/mol. The van der Waals surface area contributed by atoms with Crippen LogP contribution >= 0.6 is 15.9 Å². The minimum atomic E-state index is 0.362. The molecule has 1 heterocycles. The van der Waals surface area contributed by atoms with Gasteiger partial charge in [0.1, 0.15) is 4.60 Å². The third-order valence-corrected chi connectivity index (χ3v) is 3.77. The molecule has 0 saturated heterocycles. The van der Waals surface area contributed by atoms with Crippen molar-refractivity contribution in [1.29, 1.82) is 0 Å². The molecule has 0 amide bonds. The quantitative estimate of drug-likeness (QED) is 0.937. The lowest BCUT2D eigenvalue weighted by atomic mass is 10.1. The number of halogens is 1. The number of aromatic nitrogens is 2. The molecule has 0 fully saturated rings. The first-order valence-electron chi connectivity index (χ1n) is 5.50. The predicted octanol–water partition coefficient (Wildman–Crippen LogP) is 3.10. The Morgan fingerprint density at radius 2 is 2.25 bits per heavy atom. The molecule has 0 aliphatic rings. The molecule has 1 N–H and O–H groups in total. The first-order valence-corrected chi connectivity index (χ1v) is 6.30. The zero-order chi connectivity index (χ0) is 11.7. The van der Waals surface area contributed by atoms with Gasteiger partial charge in [-0.25, -0.2) is 0 Å². The van der Waals surface area contributed by atoms with Crippen molar-refractivity contribution in [1.82, 2.24) is 15.1 Å². The van der Waals surface area contributed by atoms with Crippen molar-refractivity contribution < 1.29 is 0 Å². The molecule has 1 unspecified atom stereocenters. The van der Waals surface area contributed by atoms with Gasteiger partial charge in [0.25, 0.3) is 0 Å². The van der Waals surface area contributed by atoms with E-state index in [1.54, 1.807) is 0 Å². The largest absolute Gasteiger partial charge is 0.313 e. The molecule has 86 valence electrons. The number of benzene rings is 1. The van der Waals surface area contributed by atoms with Gasteiger partial charge in [-0.3, -0.25) is 4.68 Å². The van der Waals surface area contributed by atoms with Crippen molar-refractivity contribution in [2.24, 2.45) is 0 Å². The molecule has 3 nitrogen and oxygen atoms in total. The maximum atomic E-state index is 4.51. The summed E-state index contributed by atoms with van der Waals surface area (Å²) < 4.78 is 3.04. The molecule has 16 heavy (non-hydrogen) atoms. The highest BCUT2D eigenvalue weighted by atomic mass is 79.9. The summed E-state index contributed by atoms with van der Waals surface area (Å²) in [6.07, 6.45) is 0. The molecule has 0 saturated carbocycles. The number of fused-ring (bicyclic) bond motifs is 1. The molecule has 0 aliphatic carbocycles. The van der Waals surface area contributed by atoms with Crippen molar-refractivity contribution in [2.45, 2.75) is 26.4 Å². The highest BCUT2D eigenvalue weighted by molar-refractivity contribution is 9.10. The fourth-order valence-electron chi connectivity index (χ4n) is 1.76. The van der Waals surface area contributed by atoms with Gasteiger partial charge < -0.3 is 5.32 Å². The van der Waals surface area contributed by atoms with Gasteiger partial charge in [0.15, 0.2) is 0 Å². The number of aryl methyl sites for hydroxylation is 1. The summed E-state index contributed by atoms with van der Waals surface area (Å²) in [5.41, 5.74) is 2.33. The standard InChI is InChI=1S/C12H16BrN3/c1-4-16-12(13)10-7-9(8(2)14-3)5-6-11(10)15-16/h5-8,14H,4H2,1-3H3. The van der Waals surface area contributed by atoms with Gasteiger partial charge in [0, 0.05) is 18.0 Å². The van der Waals surface area contributed by atoms with E-state index in [0.717, 1.165) is 16.7 Å². The van der Waals surface area contributed by atoms with Crippen LogP contribution in [0.15, 0.2) is 22.8 Å². The molecule has 0 spiro atoms. The molecular formula is C12H16BrN3. The lowest BCUT2D eigenvalue weighted by Gasteiger charge is -2.09. The van der Waals surface area contributed by atoms with Crippen LogP contribution in [0.25, 0.3) is 10.9 Å². The SMILES string of the molecule is CCn1nc2ccc(C(C)NC)cc2c1Br. The second-order valence-corrected chi connectivity index (χ2v) is 4.64. The average molecular weight is 282 g/mol. The molecule has 1 atom stereocenters. The van der Waals surface area contributed by atoms with Gasteiger partial charge in [-0.15, -0.1) is 0 Å². The lowest BCUT2D eigenvalue weighted by molar-refractivity contribution is 0.653. The third kappa shape index (κ3) is 1.87. The number of hydrogen-bond donors (Lipinski definition) is 1. The van der Waals surface area contributed by atoms with Crippen LogP contribution in [-0.2, 0) is 6.54 Å². The summed E-state index contributed by atoms with van der Waals surface area (Å²) in [6.45, 7) is 5.12. The van der Waals surface area contributed by atoms with E-state index in [1.165, 1.54) is 10.9 Å². The second-order valence-electron chi connectivity index (χ2n) is 3.89. The first-order chi connectivity index (χ1) is 7.67. The number of hydrogen-bond acceptors (Lipinski definition) is 2. The Kier molecular flexibility index (Phi) is 3.30. The topological polar surface area (TPSA) is 29.9 Å². The van der Waals surface area contributed by atoms with Crippen molar-refractivity contribution >= 4 is 26.8 Å². The smallest absolute Gasteiger partial charge is 0.111 e. The Bertz CT molecular complexity index is 504.